The fourth-order valence-corrected chi connectivity index (χ4v) is 7.71. The van der Waals surface area contributed by atoms with Gasteiger partial charge in [0.05, 0.1) is 51.8 Å². The van der Waals surface area contributed by atoms with Crippen LogP contribution in [0.25, 0.3) is 6.08 Å². The van der Waals surface area contributed by atoms with Crippen LogP contribution in [0.3, 0.4) is 0 Å². The molecule has 4 rings (SSSR count). The summed E-state index contributed by atoms with van der Waals surface area (Å²) in [5.41, 5.74) is 1.60. The first-order valence-corrected chi connectivity index (χ1v) is 16.8. The van der Waals surface area contributed by atoms with Crippen molar-refractivity contribution in [3.05, 3.63) is 79.6 Å². The molecule has 13 heteroatoms. The van der Waals surface area contributed by atoms with Crippen LogP contribution in [0.1, 0.15) is 51.8 Å². The molecule has 3 aromatic rings. The minimum Gasteiger partial charge on any atom is -0.493 e. The van der Waals surface area contributed by atoms with E-state index in [1.165, 1.54) is 23.0 Å². The second-order valence-electron chi connectivity index (χ2n) is 9.78. The summed E-state index contributed by atoms with van der Waals surface area (Å²) >= 11 is 5.52. The molecule has 0 spiro atoms. The van der Waals surface area contributed by atoms with E-state index in [1.54, 1.807) is 39.0 Å². The Bertz CT molecular complexity index is 1790. The molecule has 234 valence electrons. The average molecular weight is 846 g/mol. The number of nitrogens with zero attached hydrogens (tertiary/aromatic N) is 2. The van der Waals surface area contributed by atoms with Gasteiger partial charge in [0.2, 0.25) is 0 Å². The summed E-state index contributed by atoms with van der Waals surface area (Å²) < 4.78 is 31.4. The summed E-state index contributed by atoms with van der Waals surface area (Å²) in [6.45, 7) is 9.15. The summed E-state index contributed by atoms with van der Waals surface area (Å²) in [5, 5.41) is 0. The van der Waals surface area contributed by atoms with E-state index in [2.05, 4.69) is 50.2 Å². The van der Waals surface area contributed by atoms with E-state index >= 15 is 0 Å². The normalized spacial score (nSPS) is 14.7. The first-order chi connectivity index (χ1) is 21.0. The number of carbonyl (C=O) groups is 2. The Kier molecular flexibility index (Phi) is 11.5. The number of rotatable bonds is 11. The van der Waals surface area contributed by atoms with Gasteiger partial charge in [-0.1, -0.05) is 17.4 Å². The average Bonchev–Trinajstić information content (AvgIpc) is 3.25. The van der Waals surface area contributed by atoms with Crippen LogP contribution in [0.2, 0.25) is 0 Å². The smallest absolute Gasteiger partial charge is 0.344 e. The highest BCUT2D eigenvalue weighted by Crippen LogP contribution is 2.36. The number of benzene rings is 2. The zero-order chi connectivity index (χ0) is 32.1. The second kappa shape index (κ2) is 14.9. The zero-order valence-corrected chi connectivity index (χ0v) is 30.2. The monoisotopic (exact) mass is 846 g/mol. The van der Waals surface area contributed by atoms with E-state index in [-0.39, 0.29) is 37.1 Å². The van der Waals surface area contributed by atoms with Crippen molar-refractivity contribution < 1.29 is 33.3 Å². The molecule has 0 bridgehead atoms. The molecule has 44 heavy (non-hydrogen) atoms. The largest absolute Gasteiger partial charge is 0.493 e. The van der Waals surface area contributed by atoms with Crippen molar-refractivity contribution >= 4 is 74.5 Å². The minimum absolute atomic E-state index is 0.0834. The summed E-state index contributed by atoms with van der Waals surface area (Å²) in [4.78, 5) is 44.6. The number of hydrogen-bond donors (Lipinski definition) is 0. The summed E-state index contributed by atoms with van der Waals surface area (Å²) in [6.07, 6.45) is 1.63. The SMILES string of the molecule is CCOC(=O)COc1c(I)cc(I)cc1/C=c1/sc2n(c1=O)[C@H](c1ccc(OC(C)C)c(OC)c1)C(C(=O)OCC)=C(C)N=2. The van der Waals surface area contributed by atoms with Crippen LogP contribution < -0.4 is 29.1 Å². The van der Waals surface area contributed by atoms with Gasteiger partial charge in [0, 0.05) is 9.13 Å². The number of thiazole rings is 1. The lowest BCUT2D eigenvalue weighted by Crippen LogP contribution is -2.40. The molecule has 0 saturated carbocycles. The molecular weight excluding hydrogens is 814 g/mol. The van der Waals surface area contributed by atoms with Gasteiger partial charge in [0.25, 0.3) is 5.56 Å². The van der Waals surface area contributed by atoms with Crippen LogP contribution in [0.15, 0.2) is 51.4 Å². The molecule has 0 fully saturated rings. The Morgan fingerprint density at radius 2 is 1.82 bits per heavy atom. The molecule has 2 heterocycles. The highest BCUT2D eigenvalue weighted by molar-refractivity contribution is 14.1. The molecule has 0 aliphatic carbocycles. The van der Waals surface area contributed by atoms with Crippen molar-refractivity contribution in [1.82, 2.24) is 4.57 Å². The maximum absolute atomic E-state index is 14.2. The van der Waals surface area contributed by atoms with Gasteiger partial charge in [0.15, 0.2) is 22.9 Å². The molecule has 1 aliphatic rings. The van der Waals surface area contributed by atoms with Crippen LogP contribution in [-0.4, -0.2) is 49.5 Å². The summed E-state index contributed by atoms with van der Waals surface area (Å²) in [5.74, 6) is 0.412. The van der Waals surface area contributed by atoms with Gasteiger partial charge in [-0.2, -0.15) is 0 Å². The maximum Gasteiger partial charge on any atom is 0.344 e. The molecule has 0 radical (unpaired) electrons. The number of hydrogen-bond acceptors (Lipinski definition) is 10. The van der Waals surface area contributed by atoms with Crippen molar-refractivity contribution in [2.24, 2.45) is 4.99 Å². The highest BCUT2D eigenvalue weighted by atomic mass is 127. The molecule has 1 aliphatic heterocycles. The highest BCUT2D eigenvalue weighted by Gasteiger charge is 2.34. The molecule has 0 unspecified atom stereocenters. The predicted octanol–water partition coefficient (Wildman–Crippen LogP) is 4.75. The van der Waals surface area contributed by atoms with Crippen molar-refractivity contribution in [2.75, 3.05) is 26.9 Å². The van der Waals surface area contributed by atoms with Gasteiger partial charge in [0.1, 0.15) is 5.75 Å². The quantitative estimate of drug-likeness (QED) is 0.201. The second-order valence-corrected chi connectivity index (χ2v) is 13.2. The number of halogens is 2. The van der Waals surface area contributed by atoms with Crippen LogP contribution in [0, 0.1) is 7.14 Å². The van der Waals surface area contributed by atoms with Gasteiger partial charge in [-0.25, -0.2) is 14.6 Å². The molecule has 0 saturated heterocycles. The summed E-state index contributed by atoms with van der Waals surface area (Å²) in [6, 6.07) is 8.29. The Balaban J connectivity index is 1.92. The summed E-state index contributed by atoms with van der Waals surface area (Å²) in [7, 11) is 1.54. The zero-order valence-electron chi connectivity index (χ0n) is 25.1. The molecular formula is C31H32I2N2O8S. The number of carbonyl (C=O) groups excluding carboxylic acids is 2. The third kappa shape index (κ3) is 7.47. The molecule has 1 aromatic heterocycles. The van der Waals surface area contributed by atoms with Gasteiger partial charge < -0.3 is 23.7 Å². The van der Waals surface area contributed by atoms with E-state index in [9.17, 15) is 14.4 Å². The molecule has 0 amide bonds. The van der Waals surface area contributed by atoms with Gasteiger partial charge >= 0.3 is 11.9 Å². The van der Waals surface area contributed by atoms with E-state index < -0.39 is 18.0 Å². The number of ether oxygens (including phenoxy) is 5. The van der Waals surface area contributed by atoms with Crippen molar-refractivity contribution in [2.45, 2.75) is 46.8 Å². The molecule has 10 nitrogen and oxygen atoms in total. The Morgan fingerprint density at radius 3 is 2.48 bits per heavy atom. The lowest BCUT2D eigenvalue weighted by Gasteiger charge is -2.25. The Morgan fingerprint density at radius 1 is 1.09 bits per heavy atom. The fraction of sp³-hybridized carbons (Fsp3) is 0.355. The van der Waals surface area contributed by atoms with Crippen molar-refractivity contribution in [3.8, 4) is 17.2 Å². The van der Waals surface area contributed by atoms with Crippen LogP contribution in [0.5, 0.6) is 17.2 Å². The maximum atomic E-state index is 14.2. The number of esters is 2. The Hall–Kier alpha value is -2.92. The lowest BCUT2D eigenvalue weighted by atomic mass is 9.95. The third-order valence-electron chi connectivity index (χ3n) is 6.35. The van der Waals surface area contributed by atoms with Crippen LogP contribution >= 0.6 is 56.5 Å². The Labute approximate surface area is 286 Å². The molecule has 1 atom stereocenters. The third-order valence-corrected chi connectivity index (χ3v) is 8.75. The van der Waals surface area contributed by atoms with Crippen molar-refractivity contribution in [3.63, 3.8) is 0 Å². The van der Waals surface area contributed by atoms with E-state index in [4.69, 9.17) is 23.7 Å². The van der Waals surface area contributed by atoms with Gasteiger partial charge in [-0.15, -0.1) is 0 Å². The fourth-order valence-electron chi connectivity index (χ4n) is 4.63. The van der Waals surface area contributed by atoms with Crippen LogP contribution in [-0.2, 0) is 19.1 Å². The first kappa shape index (κ1) is 34.0. The topological polar surface area (TPSA) is 115 Å². The number of allylic oxidation sites excluding steroid dienone is 1. The molecule has 2 aromatic carbocycles. The number of methoxy groups -OCH3 is 1. The van der Waals surface area contributed by atoms with E-state index in [1.807, 2.05) is 32.0 Å². The lowest BCUT2D eigenvalue weighted by molar-refractivity contribution is -0.145. The number of aromatic nitrogens is 1. The van der Waals surface area contributed by atoms with Gasteiger partial charge in [-0.3, -0.25) is 9.36 Å². The van der Waals surface area contributed by atoms with E-state index in [0.29, 0.717) is 43.4 Å². The predicted molar refractivity (Wildman–Crippen MR) is 183 cm³/mol. The van der Waals surface area contributed by atoms with Crippen LogP contribution in [0.4, 0.5) is 0 Å². The van der Waals surface area contributed by atoms with Crippen molar-refractivity contribution in [1.29, 1.82) is 0 Å². The van der Waals surface area contributed by atoms with Gasteiger partial charge in [-0.05, 0) is 116 Å². The minimum atomic E-state index is -0.829. The first-order valence-electron chi connectivity index (χ1n) is 13.8. The number of fused-ring (bicyclic) bond motifs is 1. The molecule has 0 N–H and O–H groups in total. The van der Waals surface area contributed by atoms with E-state index in [0.717, 1.165) is 7.14 Å². The standard InChI is InChI=1S/C31H32I2N2O8S/c1-7-40-25(36)15-42-28-19(11-20(32)14-21(28)33)13-24-29(37)35-27(18-9-10-22(43-16(3)4)23(12-18)39-6)26(30(38)41-8-2)17(5)34-31(35)44-24/h9-14,16,27H,7-8,15H2,1-6H3/b24-13+/t27-/m1/s1.